The maximum absolute atomic E-state index is 4.66. The number of halogens is 1. The van der Waals surface area contributed by atoms with Crippen molar-refractivity contribution in [1.29, 1.82) is 0 Å². The lowest BCUT2D eigenvalue weighted by atomic mass is 10.2. The van der Waals surface area contributed by atoms with Crippen LogP contribution >= 0.6 is 27.3 Å². The molecule has 1 aromatic rings. The molecule has 4 heteroatoms. The van der Waals surface area contributed by atoms with Gasteiger partial charge >= 0.3 is 0 Å². The fraction of sp³-hybridized carbons (Fsp3) is 0.700. The molecule has 0 atom stereocenters. The number of hydrogen-bond acceptors (Lipinski definition) is 3. The summed E-state index contributed by atoms with van der Waals surface area (Å²) in [7, 11) is 4.16. The van der Waals surface area contributed by atoms with Crippen LogP contribution in [0.2, 0.25) is 0 Å². The third kappa shape index (κ3) is 3.33. The predicted molar refractivity (Wildman–Crippen MR) is 66.1 cm³/mol. The third-order valence-electron chi connectivity index (χ3n) is 1.88. The zero-order valence-corrected chi connectivity index (χ0v) is 11.4. The van der Waals surface area contributed by atoms with Crippen LogP contribution in [0.15, 0.2) is 0 Å². The molecule has 1 aromatic heterocycles. The van der Waals surface area contributed by atoms with E-state index in [1.807, 2.05) is 11.3 Å². The molecule has 0 aromatic carbocycles. The number of rotatable bonds is 5. The molecule has 1 rings (SSSR count). The van der Waals surface area contributed by atoms with Crippen molar-refractivity contribution in [2.45, 2.75) is 31.6 Å². The number of aryl methyl sites for hydroxylation is 1. The molecule has 0 aliphatic carbocycles. The SMILES string of the molecule is CCCc1nc(CN(C)C)sc1CBr. The van der Waals surface area contributed by atoms with Crippen molar-refractivity contribution < 1.29 is 0 Å². The van der Waals surface area contributed by atoms with E-state index in [1.54, 1.807) is 0 Å². The molecular formula is C10H17BrN2S. The Labute approximate surface area is 98.5 Å². The largest absolute Gasteiger partial charge is 0.303 e. The van der Waals surface area contributed by atoms with E-state index in [-0.39, 0.29) is 0 Å². The summed E-state index contributed by atoms with van der Waals surface area (Å²) < 4.78 is 0. The fourth-order valence-corrected chi connectivity index (χ4v) is 3.06. The van der Waals surface area contributed by atoms with Crippen LogP contribution in [0.25, 0.3) is 0 Å². The summed E-state index contributed by atoms with van der Waals surface area (Å²) in [5.74, 6) is 0. The van der Waals surface area contributed by atoms with E-state index < -0.39 is 0 Å². The maximum atomic E-state index is 4.66. The molecule has 0 spiro atoms. The normalized spacial score (nSPS) is 11.2. The van der Waals surface area contributed by atoms with Gasteiger partial charge in [-0.1, -0.05) is 29.3 Å². The number of nitrogens with zero attached hydrogens (tertiary/aromatic N) is 2. The minimum absolute atomic E-state index is 0.938. The van der Waals surface area contributed by atoms with E-state index in [4.69, 9.17) is 0 Å². The first-order valence-corrected chi connectivity index (χ1v) is 6.79. The van der Waals surface area contributed by atoms with Crippen molar-refractivity contribution in [3.05, 3.63) is 15.6 Å². The Hall–Kier alpha value is 0.0700. The summed E-state index contributed by atoms with van der Waals surface area (Å²) in [4.78, 5) is 8.21. The number of hydrogen-bond donors (Lipinski definition) is 0. The summed E-state index contributed by atoms with van der Waals surface area (Å²) >= 11 is 5.34. The van der Waals surface area contributed by atoms with E-state index in [0.717, 1.165) is 18.3 Å². The topological polar surface area (TPSA) is 16.1 Å². The van der Waals surface area contributed by atoms with Gasteiger partial charge in [0, 0.05) is 16.8 Å². The number of thiazole rings is 1. The lowest BCUT2D eigenvalue weighted by Crippen LogP contribution is -2.10. The first-order chi connectivity index (χ1) is 6.67. The van der Waals surface area contributed by atoms with Crippen LogP contribution in [0.5, 0.6) is 0 Å². The van der Waals surface area contributed by atoms with Gasteiger partial charge in [0.05, 0.1) is 5.69 Å². The van der Waals surface area contributed by atoms with Gasteiger partial charge in [0.2, 0.25) is 0 Å². The van der Waals surface area contributed by atoms with Gasteiger partial charge in [-0.2, -0.15) is 0 Å². The quantitative estimate of drug-likeness (QED) is 0.769. The van der Waals surface area contributed by atoms with Gasteiger partial charge in [-0.3, -0.25) is 0 Å². The number of alkyl halides is 1. The standard InChI is InChI=1S/C10H17BrN2S/c1-4-5-8-9(6-11)14-10(12-8)7-13(2)3/h4-7H2,1-3H3. The molecular weight excluding hydrogens is 260 g/mol. The lowest BCUT2D eigenvalue weighted by Gasteiger charge is -2.04. The van der Waals surface area contributed by atoms with E-state index in [2.05, 4.69) is 46.8 Å². The van der Waals surface area contributed by atoms with Crippen LogP contribution in [-0.2, 0) is 18.3 Å². The Bertz CT molecular complexity index is 284. The highest BCUT2D eigenvalue weighted by atomic mass is 79.9. The zero-order valence-electron chi connectivity index (χ0n) is 9.01. The lowest BCUT2D eigenvalue weighted by molar-refractivity contribution is 0.401. The molecule has 0 amide bonds. The van der Waals surface area contributed by atoms with Crippen molar-refractivity contribution in [2.75, 3.05) is 14.1 Å². The molecule has 0 unspecified atom stereocenters. The molecule has 0 saturated carbocycles. The minimum atomic E-state index is 0.938. The van der Waals surface area contributed by atoms with Gasteiger partial charge in [-0.15, -0.1) is 11.3 Å². The number of aromatic nitrogens is 1. The molecule has 0 bridgehead atoms. The molecule has 14 heavy (non-hydrogen) atoms. The highest BCUT2D eigenvalue weighted by molar-refractivity contribution is 9.08. The molecule has 0 N–H and O–H groups in total. The van der Waals surface area contributed by atoms with Crippen molar-refractivity contribution in [3.63, 3.8) is 0 Å². The van der Waals surface area contributed by atoms with Crippen LogP contribution in [0.1, 0.15) is 28.9 Å². The van der Waals surface area contributed by atoms with E-state index in [1.165, 1.54) is 22.0 Å². The minimum Gasteiger partial charge on any atom is -0.303 e. The van der Waals surface area contributed by atoms with E-state index in [0.29, 0.717) is 0 Å². The van der Waals surface area contributed by atoms with Gasteiger partial charge in [0.25, 0.3) is 0 Å². The summed E-state index contributed by atoms with van der Waals surface area (Å²) in [5, 5.41) is 2.17. The fourth-order valence-electron chi connectivity index (χ4n) is 1.31. The first-order valence-electron chi connectivity index (χ1n) is 4.85. The van der Waals surface area contributed by atoms with Crippen LogP contribution in [0.3, 0.4) is 0 Å². The Morgan fingerprint density at radius 3 is 2.64 bits per heavy atom. The van der Waals surface area contributed by atoms with E-state index in [9.17, 15) is 0 Å². The average Bonchev–Trinajstić information content (AvgIpc) is 2.47. The molecule has 0 fully saturated rings. The molecule has 0 aliphatic heterocycles. The van der Waals surface area contributed by atoms with Crippen LogP contribution in [-0.4, -0.2) is 24.0 Å². The molecule has 80 valence electrons. The van der Waals surface area contributed by atoms with Gasteiger partial charge in [-0.25, -0.2) is 4.98 Å². The van der Waals surface area contributed by atoms with Gasteiger partial charge < -0.3 is 4.90 Å². The molecule has 0 saturated heterocycles. The summed E-state index contributed by atoms with van der Waals surface area (Å²) in [5.41, 5.74) is 1.28. The highest BCUT2D eigenvalue weighted by Gasteiger charge is 2.09. The Balaban J connectivity index is 2.77. The van der Waals surface area contributed by atoms with Crippen molar-refractivity contribution in [3.8, 4) is 0 Å². The van der Waals surface area contributed by atoms with Crippen LogP contribution in [0.4, 0.5) is 0 Å². The summed E-state index contributed by atoms with van der Waals surface area (Å²) in [6.07, 6.45) is 2.27. The van der Waals surface area contributed by atoms with Crippen molar-refractivity contribution in [1.82, 2.24) is 9.88 Å². The molecule has 0 radical (unpaired) electrons. The van der Waals surface area contributed by atoms with Crippen molar-refractivity contribution >= 4 is 27.3 Å². The smallest absolute Gasteiger partial charge is 0.107 e. The maximum Gasteiger partial charge on any atom is 0.107 e. The second-order valence-electron chi connectivity index (χ2n) is 3.60. The van der Waals surface area contributed by atoms with Gasteiger partial charge in [0.15, 0.2) is 0 Å². The van der Waals surface area contributed by atoms with Crippen LogP contribution in [0, 0.1) is 0 Å². The van der Waals surface area contributed by atoms with Crippen LogP contribution < -0.4 is 0 Å². The predicted octanol–water partition coefficient (Wildman–Crippen LogP) is 3.05. The molecule has 1 heterocycles. The Morgan fingerprint density at radius 1 is 1.43 bits per heavy atom. The average molecular weight is 277 g/mol. The zero-order chi connectivity index (χ0) is 10.6. The molecule has 0 aliphatic rings. The van der Waals surface area contributed by atoms with E-state index >= 15 is 0 Å². The summed E-state index contributed by atoms with van der Waals surface area (Å²) in [6.45, 7) is 3.15. The Kier molecular flexibility index (Phi) is 5.06. The highest BCUT2D eigenvalue weighted by Crippen LogP contribution is 2.23. The second kappa shape index (κ2) is 5.83. The summed E-state index contributed by atoms with van der Waals surface area (Å²) in [6, 6.07) is 0. The van der Waals surface area contributed by atoms with Gasteiger partial charge in [-0.05, 0) is 20.5 Å². The Morgan fingerprint density at radius 2 is 2.14 bits per heavy atom. The van der Waals surface area contributed by atoms with Gasteiger partial charge in [0.1, 0.15) is 5.01 Å². The monoisotopic (exact) mass is 276 g/mol. The third-order valence-corrected chi connectivity index (χ3v) is 3.90. The first kappa shape index (κ1) is 12.1. The second-order valence-corrected chi connectivity index (χ2v) is 5.33. The molecule has 2 nitrogen and oxygen atoms in total. The van der Waals surface area contributed by atoms with Crippen molar-refractivity contribution in [2.24, 2.45) is 0 Å².